The zero-order valence-corrected chi connectivity index (χ0v) is 13.4. The number of rotatable bonds is 3. The number of nitrogens with zero attached hydrogens (tertiary/aromatic N) is 3. The van der Waals surface area contributed by atoms with Crippen molar-refractivity contribution in [3.63, 3.8) is 0 Å². The van der Waals surface area contributed by atoms with Crippen LogP contribution in [0.3, 0.4) is 0 Å². The van der Waals surface area contributed by atoms with E-state index in [2.05, 4.69) is 27.0 Å². The molecule has 1 aliphatic heterocycles. The summed E-state index contributed by atoms with van der Waals surface area (Å²) in [7, 11) is 0. The SMILES string of the molecule is CCc1nc(C2CN(C(=O)C(C)C)CC23CCCC3)n[nH]1. The zero-order chi connectivity index (χ0) is 15.0. The number of carbonyl (C=O) groups excluding carboxylic acids is 1. The average Bonchev–Trinajstić information content (AvgIpc) is 3.18. The Bertz CT molecular complexity index is 516. The van der Waals surface area contributed by atoms with Crippen molar-refractivity contribution >= 4 is 5.91 Å². The molecule has 2 heterocycles. The van der Waals surface area contributed by atoms with Gasteiger partial charge in [-0.05, 0) is 18.3 Å². The van der Waals surface area contributed by atoms with E-state index in [1.54, 1.807) is 0 Å². The van der Waals surface area contributed by atoms with Crippen LogP contribution in [0.1, 0.15) is 64.0 Å². The molecule has 5 heteroatoms. The zero-order valence-electron chi connectivity index (χ0n) is 13.4. The second kappa shape index (κ2) is 5.43. The van der Waals surface area contributed by atoms with Gasteiger partial charge in [0.05, 0.1) is 0 Å². The minimum Gasteiger partial charge on any atom is -0.341 e. The summed E-state index contributed by atoms with van der Waals surface area (Å²) in [4.78, 5) is 19.1. The maximum absolute atomic E-state index is 12.4. The third-order valence-corrected chi connectivity index (χ3v) is 5.25. The summed E-state index contributed by atoms with van der Waals surface area (Å²) >= 11 is 0. The number of nitrogens with one attached hydrogen (secondary N) is 1. The fourth-order valence-corrected chi connectivity index (χ4v) is 4.07. The number of amides is 1. The normalized spacial score (nSPS) is 24.4. The van der Waals surface area contributed by atoms with Gasteiger partial charge in [0.25, 0.3) is 0 Å². The first kappa shape index (κ1) is 14.5. The highest BCUT2D eigenvalue weighted by Crippen LogP contribution is 2.52. The number of carbonyl (C=O) groups is 1. The first-order valence-corrected chi connectivity index (χ1v) is 8.25. The molecule has 1 N–H and O–H groups in total. The van der Waals surface area contributed by atoms with Crippen molar-refractivity contribution in [2.45, 2.75) is 58.8 Å². The van der Waals surface area contributed by atoms with Crippen molar-refractivity contribution in [2.75, 3.05) is 13.1 Å². The molecule has 3 rings (SSSR count). The maximum atomic E-state index is 12.4. The van der Waals surface area contributed by atoms with Crippen molar-refractivity contribution in [3.8, 4) is 0 Å². The van der Waals surface area contributed by atoms with Crippen LogP contribution < -0.4 is 0 Å². The summed E-state index contributed by atoms with van der Waals surface area (Å²) in [5.41, 5.74) is 0.220. The lowest BCUT2D eigenvalue weighted by atomic mass is 9.76. The van der Waals surface area contributed by atoms with E-state index in [4.69, 9.17) is 0 Å². The molecule has 1 saturated heterocycles. The van der Waals surface area contributed by atoms with E-state index >= 15 is 0 Å². The molecule has 21 heavy (non-hydrogen) atoms. The van der Waals surface area contributed by atoms with Gasteiger partial charge in [-0.15, -0.1) is 0 Å². The van der Waals surface area contributed by atoms with E-state index < -0.39 is 0 Å². The van der Waals surface area contributed by atoms with Gasteiger partial charge in [-0.25, -0.2) is 4.98 Å². The first-order chi connectivity index (χ1) is 10.1. The lowest BCUT2D eigenvalue weighted by Crippen LogP contribution is -2.34. The van der Waals surface area contributed by atoms with Crippen molar-refractivity contribution in [3.05, 3.63) is 11.6 Å². The number of aromatic nitrogens is 3. The predicted octanol–water partition coefficient (Wildman–Crippen LogP) is 2.51. The van der Waals surface area contributed by atoms with Crippen LogP contribution in [-0.2, 0) is 11.2 Å². The molecule has 2 fully saturated rings. The topological polar surface area (TPSA) is 61.9 Å². The van der Waals surface area contributed by atoms with Gasteiger partial charge < -0.3 is 4.90 Å². The van der Waals surface area contributed by atoms with Crippen LogP contribution in [0.15, 0.2) is 0 Å². The predicted molar refractivity (Wildman–Crippen MR) is 80.8 cm³/mol. The molecule has 116 valence electrons. The maximum Gasteiger partial charge on any atom is 0.225 e. The molecule has 1 saturated carbocycles. The third kappa shape index (κ3) is 2.47. The van der Waals surface area contributed by atoms with Gasteiger partial charge >= 0.3 is 0 Å². The number of aryl methyl sites for hydroxylation is 1. The molecule has 0 radical (unpaired) electrons. The van der Waals surface area contributed by atoms with Crippen molar-refractivity contribution in [1.82, 2.24) is 20.1 Å². The molecule has 1 atom stereocenters. The number of H-pyrrole nitrogens is 1. The molecular weight excluding hydrogens is 264 g/mol. The lowest BCUT2D eigenvalue weighted by molar-refractivity contribution is -0.133. The summed E-state index contributed by atoms with van der Waals surface area (Å²) in [5, 5.41) is 7.49. The monoisotopic (exact) mass is 290 g/mol. The van der Waals surface area contributed by atoms with Crippen LogP contribution in [0.5, 0.6) is 0 Å². The smallest absolute Gasteiger partial charge is 0.225 e. The van der Waals surface area contributed by atoms with Crippen LogP contribution >= 0.6 is 0 Å². The fourth-order valence-electron chi connectivity index (χ4n) is 4.07. The molecule has 1 aromatic heterocycles. The second-order valence-corrected chi connectivity index (χ2v) is 6.99. The molecule has 5 nitrogen and oxygen atoms in total. The summed E-state index contributed by atoms with van der Waals surface area (Å²) in [6.45, 7) is 7.74. The highest BCUT2D eigenvalue weighted by Gasteiger charge is 2.51. The molecule has 0 aromatic carbocycles. The number of hydrogen-bond acceptors (Lipinski definition) is 3. The first-order valence-electron chi connectivity index (χ1n) is 8.25. The standard InChI is InChI=1S/C16H26N4O/c1-4-13-17-14(19-18-13)12-9-20(15(21)11(2)3)10-16(12)7-5-6-8-16/h11-12H,4-10H2,1-3H3,(H,17,18,19). The lowest BCUT2D eigenvalue weighted by Gasteiger charge is -2.28. The van der Waals surface area contributed by atoms with Gasteiger partial charge in [-0.3, -0.25) is 9.89 Å². The Hall–Kier alpha value is -1.39. The quantitative estimate of drug-likeness (QED) is 0.930. The molecule has 1 spiro atoms. The van der Waals surface area contributed by atoms with Gasteiger partial charge in [0.1, 0.15) is 5.82 Å². The van der Waals surface area contributed by atoms with E-state index in [0.717, 1.165) is 31.2 Å². The molecule has 1 aliphatic carbocycles. The van der Waals surface area contributed by atoms with Crippen LogP contribution in [0.4, 0.5) is 0 Å². The Morgan fingerprint density at radius 3 is 2.71 bits per heavy atom. The minimum atomic E-state index is 0.0700. The molecular formula is C16H26N4O. The van der Waals surface area contributed by atoms with Crippen LogP contribution in [0, 0.1) is 11.3 Å². The van der Waals surface area contributed by atoms with E-state index in [1.807, 2.05) is 13.8 Å². The molecule has 1 unspecified atom stereocenters. The number of likely N-dealkylation sites (tertiary alicyclic amines) is 1. The van der Waals surface area contributed by atoms with Gasteiger partial charge in [0, 0.05) is 31.3 Å². The second-order valence-electron chi connectivity index (χ2n) is 6.99. The van der Waals surface area contributed by atoms with E-state index in [9.17, 15) is 4.79 Å². The molecule has 1 amide bonds. The van der Waals surface area contributed by atoms with Gasteiger partial charge in [-0.1, -0.05) is 33.6 Å². The Morgan fingerprint density at radius 2 is 2.14 bits per heavy atom. The van der Waals surface area contributed by atoms with Crippen molar-refractivity contribution in [1.29, 1.82) is 0 Å². The molecule has 0 bridgehead atoms. The van der Waals surface area contributed by atoms with Gasteiger partial charge in [0.15, 0.2) is 5.82 Å². The summed E-state index contributed by atoms with van der Waals surface area (Å²) < 4.78 is 0. The van der Waals surface area contributed by atoms with Crippen LogP contribution in [0.2, 0.25) is 0 Å². The van der Waals surface area contributed by atoms with Crippen molar-refractivity contribution < 1.29 is 4.79 Å². The highest BCUT2D eigenvalue weighted by molar-refractivity contribution is 5.78. The summed E-state index contributed by atoms with van der Waals surface area (Å²) in [6.07, 6.45) is 5.82. The van der Waals surface area contributed by atoms with E-state index in [1.165, 1.54) is 25.7 Å². The third-order valence-electron chi connectivity index (χ3n) is 5.25. The number of aromatic amines is 1. The van der Waals surface area contributed by atoms with Gasteiger partial charge in [0.2, 0.25) is 5.91 Å². The van der Waals surface area contributed by atoms with E-state index in [0.29, 0.717) is 5.92 Å². The van der Waals surface area contributed by atoms with E-state index in [-0.39, 0.29) is 17.2 Å². The Labute approximate surface area is 126 Å². The Balaban J connectivity index is 1.88. The summed E-state index contributed by atoms with van der Waals surface area (Å²) in [5.74, 6) is 2.52. The average molecular weight is 290 g/mol. The van der Waals surface area contributed by atoms with Crippen LogP contribution in [0.25, 0.3) is 0 Å². The summed E-state index contributed by atoms with van der Waals surface area (Å²) in [6, 6.07) is 0. The van der Waals surface area contributed by atoms with Crippen LogP contribution in [-0.4, -0.2) is 39.1 Å². The fraction of sp³-hybridized carbons (Fsp3) is 0.812. The minimum absolute atomic E-state index is 0.0700. The van der Waals surface area contributed by atoms with Gasteiger partial charge in [-0.2, -0.15) is 5.10 Å². The highest BCUT2D eigenvalue weighted by atomic mass is 16.2. The molecule has 1 aromatic rings. The Kier molecular flexibility index (Phi) is 3.76. The van der Waals surface area contributed by atoms with Crippen molar-refractivity contribution in [2.24, 2.45) is 11.3 Å². The Morgan fingerprint density at radius 1 is 1.43 bits per heavy atom. The largest absolute Gasteiger partial charge is 0.341 e. The number of hydrogen-bond donors (Lipinski definition) is 1. The molecule has 2 aliphatic rings.